The van der Waals surface area contributed by atoms with E-state index >= 15 is 0 Å². The fraction of sp³-hybridized carbons (Fsp3) is 0.364. The lowest BCUT2D eigenvalue weighted by atomic mass is 10.0. The first-order chi connectivity index (χ1) is 14.6. The number of amides is 2. The van der Waals surface area contributed by atoms with E-state index in [0.717, 1.165) is 5.56 Å². The van der Waals surface area contributed by atoms with E-state index in [2.05, 4.69) is 15.4 Å². The highest BCUT2D eigenvalue weighted by atomic mass is 32.2. The summed E-state index contributed by atoms with van der Waals surface area (Å²) in [4.78, 5) is 24.5. The van der Waals surface area contributed by atoms with Gasteiger partial charge in [0.1, 0.15) is 11.9 Å². The van der Waals surface area contributed by atoms with E-state index in [0.29, 0.717) is 30.5 Å². The average molecular weight is 448 g/mol. The number of halogens is 1. The highest BCUT2D eigenvalue weighted by Crippen LogP contribution is 2.25. The van der Waals surface area contributed by atoms with Crippen molar-refractivity contribution in [3.8, 4) is 0 Å². The van der Waals surface area contributed by atoms with E-state index in [4.69, 9.17) is 0 Å². The maximum absolute atomic E-state index is 13.8. The van der Waals surface area contributed by atoms with Crippen LogP contribution in [0.15, 0.2) is 41.3 Å². The summed E-state index contributed by atoms with van der Waals surface area (Å²) in [7, 11) is -4.01. The van der Waals surface area contributed by atoms with Crippen LogP contribution in [0, 0.1) is 18.7 Å². The quantitative estimate of drug-likeness (QED) is 0.632. The molecule has 3 rings (SSSR count). The molecule has 0 fully saturated rings. The molecule has 1 aliphatic rings. The van der Waals surface area contributed by atoms with E-state index in [-0.39, 0.29) is 22.4 Å². The van der Waals surface area contributed by atoms with Gasteiger partial charge in [-0.05, 0) is 67.1 Å². The van der Waals surface area contributed by atoms with Crippen LogP contribution < -0.4 is 15.4 Å². The molecule has 0 saturated carbocycles. The zero-order valence-corrected chi connectivity index (χ0v) is 18.5. The number of aryl methyl sites for hydroxylation is 2. The van der Waals surface area contributed by atoms with Crippen LogP contribution in [-0.4, -0.2) is 26.3 Å². The summed E-state index contributed by atoms with van der Waals surface area (Å²) in [6.07, 6.45) is 1.58. The van der Waals surface area contributed by atoms with Gasteiger partial charge in [0.05, 0.1) is 4.90 Å². The molecule has 2 aromatic carbocycles. The van der Waals surface area contributed by atoms with Crippen molar-refractivity contribution in [2.24, 2.45) is 5.92 Å². The van der Waals surface area contributed by atoms with Gasteiger partial charge in [-0.1, -0.05) is 19.9 Å². The second-order valence-corrected chi connectivity index (χ2v) is 9.73. The van der Waals surface area contributed by atoms with E-state index in [1.165, 1.54) is 24.3 Å². The zero-order chi connectivity index (χ0) is 22.8. The van der Waals surface area contributed by atoms with Gasteiger partial charge in [-0.25, -0.2) is 12.8 Å². The molecular formula is C22H26FN3O4S. The number of fused-ring (bicyclic) bond motifs is 1. The number of hydrogen-bond donors (Lipinski definition) is 3. The molecule has 2 amide bonds. The van der Waals surface area contributed by atoms with E-state index in [9.17, 15) is 22.4 Å². The summed E-state index contributed by atoms with van der Waals surface area (Å²) in [5, 5.41) is 5.34. The number of rotatable bonds is 6. The van der Waals surface area contributed by atoms with Crippen LogP contribution in [0.2, 0.25) is 0 Å². The molecule has 1 atom stereocenters. The van der Waals surface area contributed by atoms with Crippen molar-refractivity contribution in [2.75, 3.05) is 10.6 Å². The Morgan fingerprint density at radius 3 is 2.55 bits per heavy atom. The standard InChI is InChI=1S/C22H26FN3O4S/c1-13(2)21(22(28)24-16-8-7-14(3)18(23)12-16)26-31(29,30)17-9-10-19-15(11-17)5-4-6-20(27)25-19/h7-13,21,26H,4-6H2,1-3H3,(H,24,28)(H,25,27). The van der Waals surface area contributed by atoms with Crippen LogP contribution >= 0.6 is 0 Å². The molecule has 2 aromatic rings. The fourth-order valence-corrected chi connectivity index (χ4v) is 4.73. The predicted octanol–water partition coefficient (Wildman–Crippen LogP) is 3.35. The third-order valence-electron chi connectivity index (χ3n) is 5.18. The lowest BCUT2D eigenvalue weighted by molar-refractivity contribution is -0.118. The Balaban J connectivity index is 1.81. The Kier molecular flexibility index (Phi) is 6.76. The maximum Gasteiger partial charge on any atom is 0.242 e. The van der Waals surface area contributed by atoms with Crippen molar-refractivity contribution in [1.82, 2.24) is 4.72 Å². The lowest BCUT2D eigenvalue weighted by Gasteiger charge is -2.22. The second-order valence-electron chi connectivity index (χ2n) is 8.02. The Labute approximate surface area is 181 Å². The summed E-state index contributed by atoms with van der Waals surface area (Å²) in [5.41, 5.74) is 2.02. The molecule has 0 radical (unpaired) electrons. The summed E-state index contributed by atoms with van der Waals surface area (Å²) in [5.74, 6) is -1.50. The van der Waals surface area contributed by atoms with Gasteiger partial charge in [0, 0.05) is 17.8 Å². The van der Waals surface area contributed by atoms with Crippen LogP contribution in [0.5, 0.6) is 0 Å². The van der Waals surface area contributed by atoms with Gasteiger partial charge < -0.3 is 10.6 Å². The molecule has 0 saturated heterocycles. The van der Waals surface area contributed by atoms with Gasteiger partial charge in [-0.15, -0.1) is 0 Å². The summed E-state index contributed by atoms with van der Waals surface area (Å²) in [6, 6.07) is 7.71. The molecule has 0 spiro atoms. The van der Waals surface area contributed by atoms with E-state index in [1.807, 2.05) is 0 Å². The van der Waals surface area contributed by atoms with Crippen molar-refractivity contribution < 1.29 is 22.4 Å². The summed E-state index contributed by atoms with van der Waals surface area (Å²) < 4.78 is 42.2. The first-order valence-corrected chi connectivity index (χ1v) is 11.6. The van der Waals surface area contributed by atoms with E-state index in [1.54, 1.807) is 32.9 Å². The van der Waals surface area contributed by atoms with Crippen LogP contribution in [0.4, 0.5) is 15.8 Å². The predicted molar refractivity (Wildman–Crippen MR) is 117 cm³/mol. The molecule has 3 N–H and O–H groups in total. The molecule has 31 heavy (non-hydrogen) atoms. The van der Waals surface area contributed by atoms with Crippen molar-refractivity contribution in [1.29, 1.82) is 0 Å². The van der Waals surface area contributed by atoms with Gasteiger partial charge in [0.15, 0.2) is 0 Å². The maximum atomic E-state index is 13.8. The highest BCUT2D eigenvalue weighted by Gasteiger charge is 2.29. The molecule has 1 heterocycles. The average Bonchev–Trinajstić information content (AvgIpc) is 2.88. The normalized spacial score (nSPS) is 15.1. The van der Waals surface area contributed by atoms with Gasteiger partial charge >= 0.3 is 0 Å². The SMILES string of the molecule is Cc1ccc(NC(=O)C(NS(=O)(=O)c2ccc3c(c2)CCCC(=O)N3)C(C)C)cc1F. The largest absolute Gasteiger partial charge is 0.326 e. The monoisotopic (exact) mass is 447 g/mol. The number of anilines is 2. The van der Waals surface area contributed by atoms with Crippen molar-refractivity contribution in [3.05, 3.63) is 53.3 Å². The first kappa shape index (κ1) is 22.9. The molecule has 0 aliphatic carbocycles. The fourth-order valence-electron chi connectivity index (χ4n) is 3.34. The Morgan fingerprint density at radius 1 is 1.13 bits per heavy atom. The number of sulfonamides is 1. The second kappa shape index (κ2) is 9.15. The van der Waals surface area contributed by atoms with Gasteiger partial charge in [-0.2, -0.15) is 4.72 Å². The molecule has 166 valence electrons. The third-order valence-corrected chi connectivity index (χ3v) is 6.62. The Hall–Kier alpha value is -2.78. The van der Waals surface area contributed by atoms with Crippen molar-refractivity contribution in [3.63, 3.8) is 0 Å². The van der Waals surface area contributed by atoms with Crippen LogP contribution in [-0.2, 0) is 26.0 Å². The molecular weight excluding hydrogens is 421 g/mol. The molecule has 7 nitrogen and oxygen atoms in total. The van der Waals surface area contributed by atoms with Gasteiger partial charge in [-0.3, -0.25) is 9.59 Å². The number of benzene rings is 2. The topological polar surface area (TPSA) is 104 Å². The zero-order valence-electron chi connectivity index (χ0n) is 17.7. The Morgan fingerprint density at radius 2 is 1.87 bits per heavy atom. The molecule has 1 unspecified atom stereocenters. The van der Waals surface area contributed by atoms with Gasteiger partial charge in [0.2, 0.25) is 21.8 Å². The molecule has 0 bridgehead atoms. The van der Waals surface area contributed by atoms with Gasteiger partial charge in [0.25, 0.3) is 0 Å². The number of carbonyl (C=O) groups excluding carboxylic acids is 2. The van der Waals surface area contributed by atoms with Crippen molar-refractivity contribution in [2.45, 2.75) is 51.0 Å². The molecule has 0 aromatic heterocycles. The minimum absolute atomic E-state index is 0.0160. The molecule has 9 heteroatoms. The first-order valence-electron chi connectivity index (χ1n) is 10.1. The molecule has 1 aliphatic heterocycles. The van der Waals surface area contributed by atoms with Crippen molar-refractivity contribution >= 4 is 33.2 Å². The van der Waals surface area contributed by atoms with Crippen LogP contribution in [0.3, 0.4) is 0 Å². The number of nitrogens with one attached hydrogen (secondary N) is 3. The lowest BCUT2D eigenvalue weighted by Crippen LogP contribution is -2.47. The minimum atomic E-state index is -4.01. The summed E-state index contributed by atoms with van der Waals surface area (Å²) in [6.45, 7) is 5.04. The highest BCUT2D eigenvalue weighted by molar-refractivity contribution is 7.89. The summed E-state index contributed by atoms with van der Waals surface area (Å²) >= 11 is 0. The minimum Gasteiger partial charge on any atom is -0.326 e. The van der Waals surface area contributed by atoms with Crippen LogP contribution in [0.25, 0.3) is 0 Å². The Bertz CT molecular complexity index is 1120. The number of carbonyl (C=O) groups is 2. The third kappa shape index (κ3) is 5.48. The number of hydrogen-bond acceptors (Lipinski definition) is 4. The van der Waals surface area contributed by atoms with E-state index < -0.39 is 27.8 Å². The van der Waals surface area contributed by atoms with Crippen LogP contribution in [0.1, 0.15) is 37.8 Å². The smallest absolute Gasteiger partial charge is 0.242 e.